The van der Waals surface area contributed by atoms with Crippen molar-refractivity contribution in [2.75, 3.05) is 26.0 Å². The Labute approximate surface area is 144 Å². The molecule has 1 saturated heterocycles. The Kier molecular flexibility index (Phi) is 9.28. The molecule has 1 saturated carbocycles. The molecule has 0 bridgehead atoms. The predicted octanol–water partition coefficient (Wildman–Crippen LogP) is 2.62. The van der Waals surface area contributed by atoms with E-state index in [4.69, 9.17) is 4.74 Å². The first-order valence-electron chi connectivity index (χ1n) is 7.51. The largest absolute Gasteiger partial charge is 0.376 e. The maximum absolute atomic E-state index is 5.62. The Balaban J connectivity index is 0.00000200. The van der Waals surface area contributed by atoms with Crippen molar-refractivity contribution in [2.45, 2.75) is 56.4 Å². The second-order valence-electron chi connectivity index (χ2n) is 5.37. The van der Waals surface area contributed by atoms with Crippen molar-refractivity contribution in [1.82, 2.24) is 10.6 Å². The summed E-state index contributed by atoms with van der Waals surface area (Å²) in [7, 11) is 0. The standard InChI is InChI=1S/C14H27N3OS.HI/c1-3-15-14(16-10-12-5-4-8-18-12)17-11-6-7-13(9-11)19-2;/h11-13H,3-10H2,1-2H3,(H2,15,16,17);1H. The highest BCUT2D eigenvalue weighted by molar-refractivity contribution is 14.0. The third kappa shape index (κ3) is 5.97. The number of rotatable bonds is 5. The smallest absolute Gasteiger partial charge is 0.191 e. The predicted molar refractivity (Wildman–Crippen MR) is 98.4 cm³/mol. The molecule has 4 nitrogen and oxygen atoms in total. The van der Waals surface area contributed by atoms with Gasteiger partial charge in [-0.1, -0.05) is 0 Å². The normalized spacial score (nSPS) is 30.1. The highest BCUT2D eigenvalue weighted by Gasteiger charge is 2.24. The lowest BCUT2D eigenvalue weighted by molar-refractivity contribution is 0.117. The summed E-state index contributed by atoms with van der Waals surface area (Å²) < 4.78 is 5.62. The number of nitrogens with one attached hydrogen (secondary N) is 2. The molecule has 0 aromatic rings. The van der Waals surface area contributed by atoms with Crippen molar-refractivity contribution in [3.05, 3.63) is 0 Å². The van der Waals surface area contributed by atoms with Gasteiger partial charge in [0, 0.05) is 24.4 Å². The minimum absolute atomic E-state index is 0. The van der Waals surface area contributed by atoms with Crippen LogP contribution in [0.4, 0.5) is 0 Å². The second kappa shape index (κ2) is 10.1. The van der Waals surface area contributed by atoms with Gasteiger partial charge in [0.25, 0.3) is 0 Å². The molecule has 3 unspecified atom stereocenters. The Bertz CT molecular complexity index is 298. The number of hydrogen-bond acceptors (Lipinski definition) is 3. The Morgan fingerprint density at radius 3 is 2.80 bits per heavy atom. The van der Waals surface area contributed by atoms with Crippen LogP contribution in [0.1, 0.15) is 39.0 Å². The van der Waals surface area contributed by atoms with E-state index in [0.717, 1.165) is 37.3 Å². The third-order valence-corrected chi connectivity index (χ3v) is 4.97. The molecule has 0 aromatic carbocycles. The number of guanidine groups is 1. The molecule has 2 aliphatic rings. The zero-order valence-electron chi connectivity index (χ0n) is 12.6. The zero-order chi connectivity index (χ0) is 13.5. The fourth-order valence-corrected chi connectivity index (χ4v) is 3.58. The summed E-state index contributed by atoms with van der Waals surface area (Å²) in [6.07, 6.45) is 8.72. The van der Waals surface area contributed by atoms with Gasteiger partial charge >= 0.3 is 0 Å². The van der Waals surface area contributed by atoms with Crippen LogP contribution < -0.4 is 10.6 Å². The fourth-order valence-electron chi connectivity index (χ4n) is 2.78. The van der Waals surface area contributed by atoms with Gasteiger partial charge in [0.2, 0.25) is 0 Å². The van der Waals surface area contributed by atoms with Gasteiger partial charge in [0.1, 0.15) is 0 Å². The van der Waals surface area contributed by atoms with Crippen LogP contribution in [0.15, 0.2) is 4.99 Å². The highest BCUT2D eigenvalue weighted by Crippen LogP contribution is 2.28. The van der Waals surface area contributed by atoms with Crippen molar-refractivity contribution in [3.63, 3.8) is 0 Å². The van der Waals surface area contributed by atoms with Gasteiger partial charge in [0.05, 0.1) is 12.6 Å². The van der Waals surface area contributed by atoms with Crippen LogP contribution in [0.3, 0.4) is 0 Å². The average molecular weight is 413 g/mol. The highest BCUT2D eigenvalue weighted by atomic mass is 127. The van der Waals surface area contributed by atoms with Crippen LogP contribution in [0, 0.1) is 0 Å². The van der Waals surface area contributed by atoms with Crippen molar-refractivity contribution in [3.8, 4) is 0 Å². The van der Waals surface area contributed by atoms with Gasteiger partial charge in [-0.3, -0.25) is 4.99 Å². The molecule has 2 N–H and O–H groups in total. The summed E-state index contributed by atoms with van der Waals surface area (Å²) >= 11 is 1.99. The van der Waals surface area contributed by atoms with E-state index in [9.17, 15) is 0 Å². The molecule has 0 amide bonds. The molecule has 1 aliphatic carbocycles. The third-order valence-electron chi connectivity index (χ3n) is 3.88. The lowest BCUT2D eigenvalue weighted by Gasteiger charge is -2.17. The summed E-state index contributed by atoms with van der Waals surface area (Å²) in [6.45, 7) is 4.72. The topological polar surface area (TPSA) is 45.7 Å². The van der Waals surface area contributed by atoms with Crippen molar-refractivity contribution in [1.29, 1.82) is 0 Å². The first-order chi connectivity index (χ1) is 9.31. The van der Waals surface area contributed by atoms with Crippen LogP contribution in [0.25, 0.3) is 0 Å². The molecule has 3 atom stereocenters. The minimum Gasteiger partial charge on any atom is -0.376 e. The zero-order valence-corrected chi connectivity index (χ0v) is 15.7. The number of nitrogens with zero attached hydrogens (tertiary/aromatic N) is 1. The van der Waals surface area contributed by atoms with E-state index in [2.05, 4.69) is 28.8 Å². The van der Waals surface area contributed by atoms with Crippen LogP contribution in [0.5, 0.6) is 0 Å². The SMILES string of the molecule is CCNC(=NCC1CCCO1)NC1CCC(SC)C1.I. The minimum atomic E-state index is 0. The average Bonchev–Trinajstić information content (AvgIpc) is 3.07. The van der Waals surface area contributed by atoms with Crippen LogP contribution in [-0.2, 0) is 4.74 Å². The maximum atomic E-state index is 5.62. The van der Waals surface area contributed by atoms with Crippen LogP contribution in [0.2, 0.25) is 0 Å². The lowest BCUT2D eigenvalue weighted by Crippen LogP contribution is -2.43. The first kappa shape index (κ1) is 18.4. The van der Waals surface area contributed by atoms with E-state index in [0.29, 0.717) is 12.1 Å². The van der Waals surface area contributed by atoms with Gasteiger partial charge in [-0.25, -0.2) is 0 Å². The van der Waals surface area contributed by atoms with E-state index >= 15 is 0 Å². The van der Waals surface area contributed by atoms with E-state index in [1.165, 1.54) is 25.7 Å². The van der Waals surface area contributed by atoms with E-state index in [-0.39, 0.29) is 24.0 Å². The van der Waals surface area contributed by atoms with E-state index in [1.54, 1.807) is 0 Å². The van der Waals surface area contributed by atoms with E-state index < -0.39 is 0 Å². The second-order valence-corrected chi connectivity index (χ2v) is 6.50. The molecule has 118 valence electrons. The van der Waals surface area contributed by atoms with Gasteiger partial charge < -0.3 is 15.4 Å². The molecule has 1 heterocycles. The molecule has 0 aromatic heterocycles. The molecule has 2 rings (SSSR count). The van der Waals surface area contributed by atoms with Crippen molar-refractivity contribution in [2.24, 2.45) is 4.99 Å². The number of thioether (sulfide) groups is 1. The summed E-state index contributed by atoms with van der Waals surface area (Å²) in [4.78, 5) is 4.67. The number of halogens is 1. The van der Waals surface area contributed by atoms with Crippen molar-refractivity contribution >= 4 is 41.7 Å². The molecular weight excluding hydrogens is 385 g/mol. The number of hydrogen-bond donors (Lipinski definition) is 2. The molecule has 2 fully saturated rings. The summed E-state index contributed by atoms with van der Waals surface area (Å²) in [6, 6.07) is 0.583. The Morgan fingerprint density at radius 2 is 2.20 bits per heavy atom. The molecule has 0 spiro atoms. The first-order valence-corrected chi connectivity index (χ1v) is 8.79. The summed E-state index contributed by atoms with van der Waals surface area (Å²) in [5.74, 6) is 0.963. The van der Waals surface area contributed by atoms with Crippen LogP contribution in [-0.4, -0.2) is 49.3 Å². The number of aliphatic imine (C=N–C) groups is 1. The van der Waals surface area contributed by atoms with Crippen LogP contribution >= 0.6 is 35.7 Å². The number of ether oxygens (including phenoxy) is 1. The van der Waals surface area contributed by atoms with Gasteiger partial charge in [-0.2, -0.15) is 11.8 Å². The maximum Gasteiger partial charge on any atom is 0.191 e. The van der Waals surface area contributed by atoms with Crippen molar-refractivity contribution < 1.29 is 4.74 Å². The van der Waals surface area contributed by atoms with E-state index in [1.807, 2.05) is 11.8 Å². The lowest BCUT2D eigenvalue weighted by atomic mass is 10.2. The Hall–Kier alpha value is 0.310. The molecule has 1 aliphatic heterocycles. The van der Waals surface area contributed by atoms with Gasteiger partial charge in [-0.05, 0) is 45.3 Å². The summed E-state index contributed by atoms with van der Waals surface area (Å²) in [5, 5.41) is 7.74. The molecule has 6 heteroatoms. The molecule has 0 radical (unpaired) electrons. The monoisotopic (exact) mass is 413 g/mol. The Morgan fingerprint density at radius 1 is 1.35 bits per heavy atom. The fraction of sp³-hybridized carbons (Fsp3) is 0.929. The van der Waals surface area contributed by atoms with Gasteiger partial charge in [-0.15, -0.1) is 24.0 Å². The quantitative estimate of drug-likeness (QED) is 0.413. The van der Waals surface area contributed by atoms with Gasteiger partial charge in [0.15, 0.2) is 5.96 Å². The summed E-state index contributed by atoms with van der Waals surface area (Å²) in [5.41, 5.74) is 0. The molecule has 20 heavy (non-hydrogen) atoms. The molecular formula is C14H28IN3OS.